The highest BCUT2D eigenvalue weighted by atomic mass is 16.5. The maximum Gasteiger partial charge on any atom is 0.240 e. The molecular formula is C31H30N6O3. The molecular weight excluding hydrogens is 504 g/mol. The Morgan fingerprint density at radius 3 is 2.83 bits per heavy atom. The van der Waals surface area contributed by atoms with Gasteiger partial charge in [0.15, 0.2) is 0 Å². The first-order valence-electron chi connectivity index (χ1n) is 13.8. The summed E-state index contributed by atoms with van der Waals surface area (Å²) < 4.78 is 7.93. The summed E-state index contributed by atoms with van der Waals surface area (Å²) in [4.78, 5) is 36.4. The molecule has 40 heavy (non-hydrogen) atoms. The maximum absolute atomic E-state index is 14.7. The number of rotatable bonds is 3. The first-order valence-corrected chi connectivity index (χ1v) is 13.8. The summed E-state index contributed by atoms with van der Waals surface area (Å²) in [5, 5.41) is 8.64. The Balaban J connectivity index is 1.33. The predicted octanol–water partition coefficient (Wildman–Crippen LogP) is 3.85. The molecule has 2 aromatic carbocycles. The first-order chi connectivity index (χ1) is 19.6. The number of aromatic nitrogens is 4. The monoisotopic (exact) mass is 534 g/mol. The average molecular weight is 535 g/mol. The Labute approximate surface area is 232 Å². The van der Waals surface area contributed by atoms with Gasteiger partial charge in [-0.15, -0.1) is 5.10 Å². The van der Waals surface area contributed by atoms with E-state index in [1.54, 1.807) is 17.1 Å². The van der Waals surface area contributed by atoms with Gasteiger partial charge in [0.25, 0.3) is 0 Å². The number of para-hydroxylation sites is 1. The van der Waals surface area contributed by atoms with Crippen molar-refractivity contribution in [3.05, 3.63) is 102 Å². The fourth-order valence-electron chi connectivity index (χ4n) is 6.59. The second-order valence-corrected chi connectivity index (χ2v) is 10.7. The molecule has 0 radical (unpaired) electrons. The minimum Gasteiger partial charge on any atom is -0.494 e. The Bertz CT molecular complexity index is 1570. The number of carbonyl (C=O) groups excluding carboxylic acids is 2. The van der Waals surface area contributed by atoms with E-state index in [0.29, 0.717) is 45.5 Å². The number of hydrogen-bond donors (Lipinski definition) is 0. The Hall–Kier alpha value is -4.53. The molecule has 202 valence electrons. The lowest BCUT2D eigenvalue weighted by Crippen LogP contribution is -2.45. The molecule has 3 aliphatic rings. The molecule has 0 N–H and O–H groups in total. The van der Waals surface area contributed by atoms with Crippen molar-refractivity contribution < 1.29 is 14.3 Å². The smallest absolute Gasteiger partial charge is 0.240 e. The number of hydrogen-bond acceptors (Lipinski definition) is 6. The van der Waals surface area contributed by atoms with Gasteiger partial charge in [-0.25, -0.2) is 0 Å². The van der Waals surface area contributed by atoms with Gasteiger partial charge < -0.3 is 14.5 Å². The lowest BCUT2D eigenvalue weighted by Gasteiger charge is -2.35. The molecule has 9 heteroatoms. The topological polar surface area (TPSA) is 93.5 Å². The quantitative estimate of drug-likeness (QED) is 0.397. The highest BCUT2D eigenvalue weighted by Crippen LogP contribution is 2.57. The number of aryl methyl sites for hydroxylation is 2. The number of fused-ring (bicyclic) bond motifs is 8. The minimum absolute atomic E-state index is 0.00104. The van der Waals surface area contributed by atoms with Crippen molar-refractivity contribution >= 4 is 17.5 Å². The van der Waals surface area contributed by atoms with Crippen LogP contribution < -0.4 is 9.64 Å². The van der Waals surface area contributed by atoms with Crippen molar-refractivity contribution in [2.24, 2.45) is 0 Å². The van der Waals surface area contributed by atoms with E-state index in [0.717, 1.165) is 40.2 Å². The molecule has 6 bridgehead atoms. The molecule has 1 saturated heterocycles. The van der Waals surface area contributed by atoms with Gasteiger partial charge in [-0.2, -0.15) is 0 Å². The molecule has 9 nitrogen and oxygen atoms in total. The zero-order valence-corrected chi connectivity index (χ0v) is 22.1. The molecule has 2 amide bonds. The van der Waals surface area contributed by atoms with E-state index in [4.69, 9.17) is 4.74 Å². The summed E-state index contributed by atoms with van der Waals surface area (Å²) in [6.45, 7) is 2.02. The average Bonchev–Trinajstić information content (AvgIpc) is 3.67. The van der Waals surface area contributed by atoms with Crippen LogP contribution in [0.4, 0.5) is 5.69 Å². The van der Waals surface area contributed by atoms with Crippen LogP contribution in [0.25, 0.3) is 0 Å². The molecule has 1 spiro atoms. The van der Waals surface area contributed by atoms with Gasteiger partial charge in [0.05, 0.1) is 25.4 Å². The van der Waals surface area contributed by atoms with Crippen LogP contribution in [0.3, 0.4) is 0 Å². The second kappa shape index (κ2) is 9.89. The number of ether oxygens (including phenoxy) is 1. The molecule has 4 aromatic rings. The summed E-state index contributed by atoms with van der Waals surface area (Å²) in [5.41, 5.74) is 3.64. The maximum atomic E-state index is 14.7. The summed E-state index contributed by atoms with van der Waals surface area (Å²) in [5.74, 6) is 0.766. The van der Waals surface area contributed by atoms with Gasteiger partial charge in [0.1, 0.15) is 16.9 Å². The third kappa shape index (κ3) is 4.04. The Kier molecular flexibility index (Phi) is 6.06. The van der Waals surface area contributed by atoms with Gasteiger partial charge in [-0.05, 0) is 59.9 Å². The van der Waals surface area contributed by atoms with E-state index < -0.39 is 11.5 Å². The normalized spacial score (nSPS) is 21.7. The number of carbonyl (C=O) groups is 2. The number of pyridine rings is 1. The van der Waals surface area contributed by atoms with Crippen LogP contribution in [0.15, 0.2) is 79.3 Å². The van der Waals surface area contributed by atoms with E-state index in [9.17, 15) is 9.59 Å². The minimum atomic E-state index is -0.905. The fourth-order valence-corrected chi connectivity index (χ4v) is 6.59. The first kappa shape index (κ1) is 24.5. The molecule has 0 aliphatic carbocycles. The third-order valence-corrected chi connectivity index (χ3v) is 8.41. The largest absolute Gasteiger partial charge is 0.494 e. The fraction of sp³-hybridized carbons (Fsp3) is 0.323. The number of likely N-dealkylation sites (tertiary alicyclic amines) is 1. The van der Waals surface area contributed by atoms with Crippen LogP contribution in [0, 0.1) is 0 Å². The van der Waals surface area contributed by atoms with E-state index in [1.807, 2.05) is 76.7 Å². The van der Waals surface area contributed by atoms with Crippen molar-refractivity contribution in [1.82, 2.24) is 24.9 Å². The van der Waals surface area contributed by atoms with Crippen LogP contribution >= 0.6 is 0 Å². The van der Waals surface area contributed by atoms with Crippen LogP contribution in [-0.2, 0) is 34.5 Å². The van der Waals surface area contributed by atoms with E-state index in [2.05, 4.69) is 15.3 Å². The highest BCUT2D eigenvalue weighted by molar-refractivity contribution is 6.09. The molecule has 7 rings (SSSR count). The third-order valence-electron chi connectivity index (χ3n) is 8.41. The Morgan fingerprint density at radius 1 is 1.05 bits per heavy atom. The van der Waals surface area contributed by atoms with Crippen molar-refractivity contribution in [3.8, 4) is 5.75 Å². The summed E-state index contributed by atoms with van der Waals surface area (Å²) >= 11 is 0. The molecule has 5 heterocycles. The van der Waals surface area contributed by atoms with Crippen molar-refractivity contribution in [2.45, 2.75) is 50.2 Å². The number of nitrogens with zero attached hydrogens (tertiary/aromatic N) is 6. The number of amides is 2. The standard InChI is InChI=1S/C31H30N6O3/c38-28(10-9-22-11-14-32-15-12-22)36-17-13-31-26-7-1-2-8-27(26)37(30(31)39)21-24-20-35(34-33-24)16-4-18-40-25-6-3-5-23(19-25)29(31)36/h1-3,5-8,11-12,14-15,19-20,29H,4,9-10,13,16-18,21H2/t29-,31+/m0/s1. The van der Waals surface area contributed by atoms with Gasteiger partial charge >= 0.3 is 0 Å². The zero-order chi connectivity index (χ0) is 27.1. The van der Waals surface area contributed by atoms with Gasteiger partial charge in [0, 0.05) is 44.0 Å². The lowest BCUT2D eigenvalue weighted by atomic mass is 9.72. The van der Waals surface area contributed by atoms with Crippen molar-refractivity contribution in [3.63, 3.8) is 0 Å². The summed E-state index contributed by atoms with van der Waals surface area (Å²) in [6, 6.07) is 19.3. The number of anilines is 1. The van der Waals surface area contributed by atoms with E-state index in [-0.39, 0.29) is 11.8 Å². The number of benzene rings is 2. The molecule has 3 aliphatic heterocycles. The second-order valence-electron chi connectivity index (χ2n) is 10.7. The SMILES string of the molecule is O=C(CCc1ccncc1)N1CC[C@]23C(=O)N(Cc4cn(nn4)CCCOc4cccc(c4)[C@H]12)c1ccccc13. The zero-order valence-electron chi connectivity index (χ0n) is 22.1. The van der Waals surface area contributed by atoms with E-state index >= 15 is 0 Å². The molecule has 1 fully saturated rings. The van der Waals surface area contributed by atoms with Crippen molar-refractivity contribution in [1.29, 1.82) is 0 Å². The highest BCUT2D eigenvalue weighted by Gasteiger charge is 2.61. The molecule has 0 saturated carbocycles. The van der Waals surface area contributed by atoms with Gasteiger partial charge in [0.2, 0.25) is 11.8 Å². The molecule has 2 atom stereocenters. The van der Waals surface area contributed by atoms with Crippen LogP contribution in [0.1, 0.15) is 47.7 Å². The van der Waals surface area contributed by atoms with Crippen LogP contribution in [0.2, 0.25) is 0 Å². The molecule has 0 unspecified atom stereocenters. The van der Waals surface area contributed by atoms with Gasteiger partial charge in [-0.3, -0.25) is 19.3 Å². The predicted molar refractivity (Wildman–Crippen MR) is 148 cm³/mol. The van der Waals surface area contributed by atoms with Crippen molar-refractivity contribution in [2.75, 3.05) is 18.1 Å². The summed E-state index contributed by atoms with van der Waals surface area (Å²) in [6.07, 6.45) is 7.69. The van der Waals surface area contributed by atoms with Gasteiger partial charge in [-0.1, -0.05) is 35.5 Å². The Morgan fingerprint density at radius 2 is 1.93 bits per heavy atom. The van der Waals surface area contributed by atoms with Crippen LogP contribution in [0.5, 0.6) is 5.75 Å². The van der Waals surface area contributed by atoms with E-state index in [1.165, 1.54) is 0 Å². The summed E-state index contributed by atoms with van der Waals surface area (Å²) in [7, 11) is 0. The van der Waals surface area contributed by atoms with Crippen LogP contribution in [-0.4, -0.2) is 49.8 Å². The lowest BCUT2D eigenvalue weighted by molar-refractivity contribution is -0.133. The molecule has 2 aromatic heterocycles.